The molecule has 0 saturated carbocycles. The van der Waals surface area contributed by atoms with E-state index < -0.39 is 0 Å². The van der Waals surface area contributed by atoms with Crippen LogP contribution in [0.2, 0.25) is 0 Å². The summed E-state index contributed by atoms with van der Waals surface area (Å²) in [5.74, 6) is -0.128. The minimum Gasteiger partial charge on any atom is -0.355 e. The summed E-state index contributed by atoms with van der Waals surface area (Å²) in [5, 5.41) is 2.61. The number of H-pyrrole nitrogens is 1. The van der Waals surface area contributed by atoms with Crippen molar-refractivity contribution in [3.05, 3.63) is 119 Å². The van der Waals surface area contributed by atoms with Crippen molar-refractivity contribution < 1.29 is 9.59 Å². The summed E-state index contributed by atoms with van der Waals surface area (Å²) in [4.78, 5) is 27.6. The third kappa shape index (κ3) is 2.84. The van der Waals surface area contributed by atoms with Gasteiger partial charge >= 0.3 is 0 Å². The standard InChI is InChI=1S/C14H8O2.C12H9N/c15-13-9-5-1-2-6-10(9)14(16)12-8-4-3-7-11(12)13;1-3-7-11-9(5-1)10-6-2-4-8-12(10)13-11/h1-8H;1-8,13H. The Morgan fingerprint density at radius 2 is 0.724 bits per heavy atom. The largest absolute Gasteiger partial charge is 0.355 e. The first-order valence-electron chi connectivity index (χ1n) is 9.47. The molecule has 3 nitrogen and oxygen atoms in total. The molecular formula is C26H17NO2. The Hall–Kier alpha value is -3.98. The van der Waals surface area contributed by atoms with Crippen LogP contribution in [0.15, 0.2) is 97.1 Å². The molecule has 1 aliphatic rings. The highest BCUT2D eigenvalue weighted by molar-refractivity contribution is 6.28. The van der Waals surface area contributed by atoms with Gasteiger partial charge in [-0.25, -0.2) is 0 Å². The molecule has 0 atom stereocenters. The molecule has 3 heteroatoms. The molecule has 0 amide bonds. The van der Waals surface area contributed by atoms with Crippen molar-refractivity contribution in [3.63, 3.8) is 0 Å². The predicted molar refractivity (Wildman–Crippen MR) is 116 cm³/mol. The van der Waals surface area contributed by atoms with Gasteiger partial charge in [0.15, 0.2) is 11.6 Å². The molecule has 138 valence electrons. The topological polar surface area (TPSA) is 49.9 Å². The first kappa shape index (κ1) is 17.1. The molecular weight excluding hydrogens is 358 g/mol. The van der Waals surface area contributed by atoms with Crippen LogP contribution in [-0.2, 0) is 0 Å². The lowest BCUT2D eigenvalue weighted by molar-refractivity contribution is 0.0979. The summed E-state index contributed by atoms with van der Waals surface area (Å²) in [5.41, 5.74) is 4.45. The second kappa shape index (κ2) is 6.88. The summed E-state index contributed by atoms with van der Waals surface area (Å²) < 4.78 is 0. The lowest BCUT2D eigenvalue weighted by atomic mass is 9.84. The zero-order chi connectivity index (χ0) is 19.8. The molecule has 29 heavy (non-hydrogen) atoms. The minimum atomic E-state index is -0.0641. The number of fused-ring (bicyclic) bond motifs is 5. The van der Waals surface area contributed by atoms with Gasteiger partial charge in [0, 0.05) is 44.1 Å². The second-order valence-corrected chi connectivity index (χ2v) is 6.97. The molecule has 0 radical (unpaired) electrons. The number of aromatic nitrogens is 1. The highest BCUT2D eigenvalue weighted by Crippen LogP contribution is 2.26. The van der Waals surface area contributed by atoms with Gasteiger partial charge in [0.25, 0.3) is 0 Å². The van der Waals surface area contributed by atoms with Crippen molar-refractivity contribution in [1.29, 1.82) is 0 Å². The lowest BCUT2D eigenvalue weighted by Crippen LogP contribution is -2.20. The molecule has 0 fully saturated rings. The molecule has 5 aromatic rings. The van der Waals surface area contributed by atoms with Crippen LogP contribution in [0.1, 0.15) is 31.8 Å². The molecule has 1 aromatic heterocycles. The fraction of sp³-hybridized carbons (Fsp3) is 0. The van der Waals surface area contributed by atoms with Crippen molar-refractivity contribution in [3.8, 4) is 0 Å². The maximum Gasteiger partial charge on any atom is 0.194 e. The molecule has 0 aliphatic heterocycles. The van der Waals surface area contributed by atoms with Crippen LogP contribution in [0, 0.1) is 0 Å². The summed E-state index contributed by atoms with van der Waals surface area (Å²) >= 11 is 0. The normalized spacial score (nSPS) is 12.3. The van der Waals surface area contributed by atoms with E-state index in [2.05, 4.69) is 53.5 Å². The summed E-state index contributed by atoms with van der Waals surface area (Å²) in [6.07, 6.45) is 0. The number of carbonyl (C=O) groups excluding carboxylic acids is 2. The molecule has 1 heterocycles. The maximum atomic E-state index is 12.1. The number of hydrogen-bond donors (Lipinski definition) is 1. The molecule has 6 rings (SSSR count). The summed E-state index contributed by atoms with van der Waals surface area (Å²) in [6.45, 7) is 0. The SMILES string of the molecule is O=C1c2ccccc2C(=O)c2ccccc21.c1ccc2c(c1)[nH]c1ccccc12. The number of ketones is 2. The summed E-state index contributed by atoms with van der Waals surface area (Å²) in [7, 11) is 0. The van der Waals surface area contributed by atoms with E-state index in [0.29, 0.717) is 22.3 Å². The quantitative estimate of drug-likeness (QED) is 0.366. The third-order valence-corrected chi connectivity index (χ3v) is 5.25. The predicted octanol–water partition coefficient (Wildman–Crippen LogP) is 5.78. The molecule has 0 saturated heterocycles. The summed E-state index contributed by atoms with van der Waals surface area (Å²) in [6, 6.07) is 30.7. The van der Waals surface area contributed by atoms with Crippen LogP contribution in [0.5, 0.6) is 0 Å². The van der Waals surface area contributed by atoms with Crippen molar-refractivity contribution in [2.75, 3.05) is 0 Å². The lowest BCUT2D eigenvalue weighted by Gasteiger charge is -2.16. The van der Waals surface area contributed by atoms with Gasteiger partial charge in [-0.1, -0.05) is 84.9 Å². The smallest absolute Gasteiger partial charge is 0.194 e. The van der Waals surface area contributed by atoms with Crippen LogP contribution in [-0.4, -0.2) is 16.6 Å². The Balaban J connectivity index is 0.000000128. The fourth-order valence-electron chi connectivity index (χ4n) is 3.85. The molecule has 0 bridgehead atoms. The van der Waals surface area contributed by atoms with Gasteiger partial charge in [-0.05, 0) is 12.1 Å². The zero-order valence-corrected chi connectivity index (χ0v) is 15.6. The monoisotopic (exact) mass is 375 g/mol. The average molecular weight is 375 g/mol. The van der Waals surface area contributed by atoms with Crippen LogP contribution in [0.4, 0.5) is 0 Å². The number of nitrogens with one attached hydrogen (secondary N) is 1. The van der Waals surface area contributed by atoms with Crippen LogP contribution in [0.3, 0.4) is 0 Å². The van der Waals surface area contributed by atoms with Crippen molar-refractivity contribution in [2.45, 2.75) is 0 Å². The third-order valence-electron chi connectivity index (χ3n) is 5.25. The number of hydrogen-bond acceptors (Lipinski definition) is 2. The molecule has 1 aliphatic carbocycles. The number of benzene rings is 4. The fourth-order valence-corrected chi connectivity index (χ4v) is 3.85. The Bertz CT molecular complexity index is 1240. The van der Waals surface area contributed by atoms with Gasteiger partial charge in [-0.15, -0.1) is 0 Å². The van der Waals surface area contributed by atoms with Gasteiger partial charge in [0.1, 0.15) is 0 Å². The first-order chi connectivity index (χ1) is 14.2. The Morgan fingerprint density at radius 1 is 0.414 bits per heavy atom. The van der Waals surface area contributed by atoms with E-state index >= 15 is 0 Å². The van der Waals surface area contributed by atoms with Gasteiger partial charge < -0.3 is 4.98 Å². The maximum absolute atomic E-state index is 12.1. The van der Waals surface area contributed by atoms with Crippen LogP contribution < -0.4 is 0 Å². The highest BCUT2D eigenvalue weighted by atomic mass is 16.1. The zero-order valence-electron chi connectivity index (χ0n) is 15.6. The van der Waals surface area contributed by atoms with Gasteiger partial charge in [-0.3, -0.25) is 9.59 Å². The van der Waals surface area contributed by atoms with E-state index in [1.54, 1.807) is 48.5 Å². The van der Waals surface area contributed by atoms with Gasteiger partial charge in [-0.2, -0.15) is 0 Å². The van der Waals surface area contributed by atoms with E-state index in [1.165, 1.54) is 21.8 Å². The van der Waals surface area contributed by atoms with Crippen LogP contribution in [0.25, 0.3) is 21.8 Å². The van der Waals surface area contributed by atoms with E-state index in [0.717, 1.165) is 0 Å². The van der Waals surface area contributed by atoms with E-state index in [-0.39, 0.29) is 11.6 Å². The van der Waals surface area contributed by atoms with E-state index in [9.17, 15) is 9.59 Å². The van der Waals surface area contributed by atoms with Crippen molar-refractivity contribution >= 4 is 33.4 Å². The van der Waals surface area contributed by atoms with Gasteiger partial charge in [0.2, 0.25) is 0 Å². The Morgan fingerprint density at radius 3 is 1.10 bits per heavy atom. The molecule has 1 N–H and O–H groups in total. The van der Waals surface area contributed by atoms with Crippen molar-refractivity contribution in [2.24, 2.45) is 0 Å². The Labute approximate surface area is 167 Å². The molecule has 0 unspecified atom stereocenters. The number of aromatic amines is 1. The van der Waals surface area contributed by atoms with E-state index in [1.807, 2.05) is 0 Å². The van der Waals surface area contributed by atoms with Gasteiger partial charge in [0.05, 0.1) is 0 Å². The van der Waals surface area contributed by atoms with Crippen LogP contribution >= 0.6 is 0 Å². The highest BCUT2D eigenvalue weighted by Gasteiger charge is 2.28. The molecule has 0 spiro atoms. The number of carbonyl (C=O) groups is 2. The van der Waals surface area contributed by atoms with E-state index in [4.69, 9.17) is 0 Å². The average Bonchev–Trinajstić information content (AvgIpc) is 3.17. The van der Waals surface area contributed by atoms with Crippen molar-refractivity contribution in [1.82, 2.24) is 4.98 Å². The first-order valence-corrected chi connectivity index (χ1v) is 9.47. The Kier molecular flexibility index (Phi) is 4.07. The number of para-hydroxylation sites is 2. The second-order valence-electron chi connectivity index (χ2n) is 6.97. The number of rotatable bonds is 0. The minimum absolute atomic E-state index is 0.0641. The molecule has 4 aromatic carbocycles.